The van der Waals surface area contributed by atoms with Crippen molar-refractivity contribution >= 4 is 5.97 Å². The molecule has 0 amide bonds. The summed E-state index contributed by atoms with van der Waals surface area (Å²) in [7, 11) is 0. The van der Waals surface area contributed by atoms with Crippen LogP contribution in [0, 0.1) is 0 Å². The van der Waals surface area contributed by atoms with Crippen molar-refractivity contribution in [1.29, 1.82) is 0 Å². The second-order valence-electron chi connectivity index (χ2n) is 3.96. The molecule has 0 fully saturated rings. The molecule has 1 aliphatic rings. The van der Waals surface area contributed by atoms with Crippen LogP contribution in [0.3, 0.4) is 0 Å². The van der Waals surface area contributed by atoms with Crippen molar-refractivity contribution in [2.24, 2.45) is 0 Å². The van der Waals surface area contributed by atoms with Gasteiger partial charge in [0.05, 0.1) is 6.42 Å². The largest absolute Gasteiger partial charge is 0.481 e. The number of ether oxygens (including phenoxy) is 2. The van der Waals surface area contributed by atoms with Gasteiger partial charge in [-0.25, -0.2) is 0 Å². The molecule has 1 N–H and O–H groups in total. The topological polar surface area (TPSA) is 94.7 Å². The second-order valence-corrected chi connectivity index (χ2v) is 3.96. The predicted octanol–water partition coefficient (Wildman–Crippen LogP) is 1.48. The lowest BCUT2D eigenvalue weighted by Gasteiger charge is -1.97. The summed E-state index contributed by atoms with van der Waals surface area (Å²) in [6, 6.07) is 5.29. The summed E-state index contributed by atoms with van der Waals surface area (Å²) >= 11 is 0. The van der Waals surface area contributed by atoms with E-state index < -0.39 is 5.97 Å². The van der Waals surface area contributed by atoms with Crippen LogP contribution >= 0.6 is 0 Å². The maximum absolute atomic E-state index is 10.5. The van der Waals surface area contributed by atoms with Crippen LogP contribution < -0.4 is 9.47 Å². The molecule has 0 saturated carbocycles. The summed E-state index contributed by atoms with van der Waals surface area (Å²) < 4.78 is 15.9. The monoisotopic (exact) mass is 262 g/mol. The number of rotatable bonds is 4. The van der Waals surface area contributed by atoms with Gasteiger partial charge in [0, 0.05) is 12.0 Å². The SMILES string of the molecule is O=C(O)CCc1nnc(-c2ccc3c(c2)OCO3)o1. The van der Waals surface area contributed by atoms with Gasteiger partial charge in [0.25, 0.3) is 0 Å². The lowest BCUT2D eigenvalue weighted by molar-refractivity contribution is -0.137. The van der Waals surface area contributed by atoms with Gasteiger partial charge in [0.1, 0.15) is 0 Å². The summed E-state index contributed by atoms with van der Waals surface area (Å²) in [5.74, 6) is 1.04. The smallest absolute Gasteiger partial charge is 0.303 e. The molecule has 19 heavy (non-hydrogen) atoms. The Bertz CT molecular complexity index is 622. The molecular weight excluding hydrogens is 252 g/mol. The van der Waals surface area contributed by atoms with E-state index >= 15 is 0 Å². The van der Waals surface area contributed by atoms with Crippen molar-refractivity contribution in [2.75, 3.05) is 6.79 Å². The second kappa shape index (κ2) is 4.60. The van der Waals surface area contributed by atoms with E-state index in [2.05, 4.69) is 10.2 Å². The zero-order chi connectivity index (χ0) is 13.2. The first-order chi connectivity index (χ1) is 9.22. The molecule has 0 spiro atoms. The van der Waals surface area contributed by atoms with E-state index in [9.17, 15) is 4.79 Å². The first kappa shape index (κ1) is 11.5. The minimum Gasteiger partial charge on any atom is -0.481 e. The molecule has 2 heterocycles. The van der Waals surface area contributed by atoms with Crippen molar-refractivity contribution in [1.82, 2.24) is 10.2 Å². The minimum atomic E-state index is -0.900. The summed E-state index contributed by atoms with van der Waals surface area (Å²) in [5.41, 5.74) is 0.707. The first-order valence-corrected chi connectivity index (χ1v) is 5.66. The van der Waals surface area contributed by atoms with E-state index in [-0.39, 0.29) is 19.6 Å². The zero-order valence-corrected chi connectivity index (χ0v) is 9.83. The number of fused-ring (bicyclic) bond motifs is 1. The Balaban J connectivity index is 1.80. The van der Waals surface area contributed by atoms with Crippen LogP contribution in [0.1, 0.15) is 12.3 Å². The van der Waals surface area contributed by atoms with E-state index in [1.54, 1.807) is 18.2 Å². The average Bonchev–Trinajstić information content (AvgIpc) is 3.04. The van der Waals surface area contributed by atoms with Gasteiger partial charge >= 0.3 is 5.97 Å². The van der Waals surface area contributed by atoms with Crippen LogP contribution in [0.2, 0.25) is 0 Å². The molecular formula is C12H10N2O5. The molecule has 0 aliphatic carbocycles. The first-order valence-electron chi connectivity index (χ1n) is 5.66. The molecule has 0 radical (unpaired) electrons. The molecule has 0 bridgehead atoms. The lowest BCUT2D eigenvalue weighted by Crippen LogP contribution is -1.97. The van der Waals surface area contributed by atoms with E-state index in [4.69, 9.17) is 19.0 Å². The predicted molar refractivity (Wildman–Crippen MR) is 61.8 cm³/mol. The van der Waals surface area contributed by atoms with Gasteiger partial charge in [-0.3, -0.25) is 4.79 Å². The molecule has 1 aromatic heterocycles. The number of aliphatic carboxylic acids is 1. The summed E-state index contributed by atoms with van der Waals surface area (Å²) in [6.07, 6.45) is 0.176. The maximum Gasteiger partial charge on any atom is 0.303 e. The Morgan fingerprint density at radius 3 is 2.95 bits per heavy atom. The number of hydrogen-bond donors (Lipinski definition) is 1. The Morgan fingerprint density at radius 1 is 1.26 bits per heavy atom. The fourth-order valence-electron chi connectivity index (χ4n) is 1.71. The Morgan fingerprint density at radius 2 is 2.11 bits per heavy atom. The molecule has 7 heteroatoms. The third kappa shape index (κ3) is 2.35. The van der Waals surface area contributed by atoms with Crippen LogP contribution in [0.4, 0.5) is 0 Å². The van der Waals surface area contributed by atoms with Gasteiger partial charge < -0.3 is 19.0 Å². The van der Waals surface area contributed by atoms with Crippen LogP contribution in [-0.2, 0) is 11.2 Å². The summed E-state index contributed by atoms with van der Waals surface area (Å²) in [6.45, 7) is 0.201. The van der Waals surface area contributed by atoms with Crippen LogP contribution in [0.25, 0.3) is 11.5 Å². The molecule has 1 aromatic carbocycles. The Labute approximate surface area is 107 Å². The number of carboxylic acids is 1. The maximum atomic E-state index is 10.5. The highest BCUT2D eigenvalue weighted by atomic mass is 16.7. The van der Waals surface area contributed by atoms with Gasteiger partial charge in [-0.1, -0.05) is 0 Å². The molecule has 3 rings (SSSR count). The quantitative estimate of drug-likeness (QED) is 0.891. The molecule has 2 aromatic rings. The molecule has 7 nitrogen and oxygen atoms in total. The zero-order valence-electron chi connectivity index (χ0n) is 9.83. The lowest BCUT2D eigenvalue weighted by atomic mass is 10.2. The Hall–Kier alpha value is -2.57. The number of carbonyl (C=O) groups is 1. The van der Waals surface area contributed by atoms with Gasteiger partial charge in [-0.15, -0.1) is 10.2 Å². The van der Waals surface area contributed by atoms with E-state index in [1.165, 1.54) is 0 Å². The van der Waals surface area contributed by atoms with Crippen molar-refractivity contribution < 1.29 is 23.8 Å². The van der Waals surface area contributed by atoms with E-state index in [1.807, 2.05) is 0 Å². The standard InChI is InChI=1S/C12H10N2O5/c15-11(16)4-3-10-13-14-12(19-10)7-1-2-8-9(5-7)18-6-17-8/h1-2,5H,3-4,6H2,(H,15,16). The van der Waals surface area contributed by atoms with Gasteiger partial charge in [-0.2, -0.15) is 0 Å². The minimum absolute atomic E-state index is 0.0389. The van der Waals surface area contributed by atoms with Crippen LogP contribution in [0.15, 0.2) is 22.6 Å². The van der Waals surface area contributed by atoms with Crippen LogP contribution in [0.5, 0.6) is 11.5 Å². The van der Waals surface area contributed by atoms with Crippen molar-refractivity contribution in [3.05, 3.63) is 24.1 Å². The number of nitrogens with zero attached hydrogens (tertiary/aromatic N) is 2. The summed E-state index contributed by atoms with van der Waals surface area (Å²) in [5, 5.41) is 16.3. The van der Waals surface area contributed by atoms with Crippen molar-refractivity contribution in [3.8, 4) is 23.0 Å². The van der Waals surface area contributed by atoms with E-state index in [0.29, 0.717) is 28.8 Å². The highest BCUT2D eigenvalue weighted by Gasteiger charge is 2.16. The number of aromatic nitrogens is 2. The van der Waals surface area contributed by atoms with E-state index in [0.717, 1.165) is 0 Å². The third-order valence-electron chi connectivity index (χ3n) is 2.64. The molecule has 0 unspecified atom stereocenters. The van der Waals surface area contributed by atoms with Gasteiger partial charge in [-0.05, 0) is 18.2 Å². The Kier molecular flexibility index (Phi) is 2.79. The fraction of sp³-hybridized carbons (Fsp3) is 0.250. The third-order valence-corrected chi connectivity index (χ3v) is 2.64. The highest BCUT2D eigenvalue weighted by molar-refractivity contribution is 5.66. The number of aryl methyl sites for hydroxylation is 1. The average molecular weight is 262 g/mol. The molecule has 1 aliphatic heterocycles. The molecule has 0 atom stereocenters. The normalized spacial score (nSPS) is 12.6. The van der Waals surface area contributed by atoms with Crippen molar-refractivity contribution in [2.45, 2.75) is 12.8 Å². The number of carboxylic acid groups (broad SMARTS) is 1. The fourth-order valence-corrected chi connectivity index (χ4v) is 1.71. The number of hydrogen-bond acceptors (Lipinski definition) is 6. The van der Waals surface area contributed by atoms with Crippen LogP contribution in [-0.4, -0.2) is 28.1 Å². The number of benzene rings is 1. The molecule has 98 valence electrons. The van der Waals surface area contributed by atoms with Gasteiger partial charge in [0.15, 0.2) is 11.5 Å². The summed E-state index contributed by atoms with van der Waals surface area (Å²) in [4.78, 5) is 10.5. The van der Waals surface area contributed by atoms with Crippen molar-refractivity contribution in [3.63, 3.8) is 0 Å². The highest BCUT2D eigenvalue weighted by Crippen LogP contribution is 2.35. The van der Waals surface area contributed by atoms with Gasteiger partial charge in [0.2, 0.25) is 18.6 Å². The molecule has 0 saturated heterocycles.